The van der Waals surface area contributed by atoms with Crippen LogP contribution in [0.5, 0.6) is 11.5 Å². The molecule has 1 aliphatic carbocycles. The lowest BCUT2D eigenvalue weighted by molar-refractivity contribution is 0.473. The van der Waals surface area contributed by atoms with Gasteiger partial charge in [-0.1, -0.05) is 12.1 Å². The molecule has 0 radical (unpaired) electrons. The van der Waals surface area contributed by atoms with E-state index in [1.807, 2.05) is 19.1 Å². The summed E-state index contributed by atoms with van der Waals surface area (Å²) in [5.41, 5.74) is 3.63. The van der Waals surface area contributed by atoms with Crippen LogP contribution in [-0.4, -0.2) is 10.2 Å². The van der Waals surface area contributed by atoms with E-state index in [0.717, 1.165) is 35.1 Å². The van der Waals surface area contributed by atoms with Gasteiger partial charge < -0.3 is 10.2 Å². The fourth-order valence-corrected chi connectivity index (χ4v) is 3.28. The molecule has 2 N–H and O–H groups in total. The van der Waals surface area contributed by atoms with Crippen molar-refractivity contribution in [3.63, 3.8) is 0 Å². The average molecular weight is 279 g/mol. The summed E-state index contributed by atoms with van der Waals surface area (Å²) >= 11 is 0. The van der Waals surface area contributed by atoms with Gasteiger partial charge in [-0.15, -0.1) is 0 Å². The molecule has 0 heterocycles. The first-order chi connectivity index (χ1) is 10.0. The largest absolute Gasteiger partial charge is 0.508 e. The fraction of sp³-hybridized carbons (Fsp3) is 0.278. The van der Waals surface area contributed by atoms with Gasteiger partial charge in [0.2, 0.25) is 0 Å². The maximum absolute atomic E-state index is 9.78. The number of aromatic hydroxyl groups is 2. The summed E-state index contributed by atoms with van der Waals surface area (Å²) in [4.78, 5) is 0. The summed E-state index contributed by atoms with van der Waals surface area (Å²) in [6.45, 7) is 1.95. The van der Waals surface area contributed by atoms with Gasteiger partial charge >= 0.3 is 0 Å². The lowest BCUT2D eigenvalue weighted by atomic mass is 9.77. The number of nitrogens with zero attached hydrogens (tertiary/aromatic N) is 1. The number of phenols is 2. The van der Waals surface area contributed by atoms with Crippen molar-refractivity contribution in [2.45, 2.75) is 31.6 Å². The van der Waals surface area contributed by atoms with Crippen LogP contribution in [0.4, 0.5) is 0 Å². The normalized spacial score (nSPS) is 20.0. The van der Waals surface area contributed by atoms with Gasteiger partial charge in [0.05, 0.1) is 11.5 Å². The van der Waals surface area contributed by atoms with Gasteiger partial charge in [0.25, 0.3) is 0 Å². The Morgan fingerprint density at radius 2 is 1.86 bits per heavy atom. The van der Waals surface area contributed by atoms with Crippen molar-refractivity contribution in [1.29, 1.82) is 5.26 Å². The standard InChI is InChI=1S/C18H17NO2/c1-12-8-15(20)3-2-14(12)10-18(11-19)7-6-13-9-16(21)4-5-17(13)18/h2-5,8-9,20-21H,6-7,10H2,1H3. The van der Waals surface area contributed by atoms with Crippen LogP contribution in [-0.2, 0) is 18.3 Å². The lowest BCUT2D eigenvalue weighted by Crippen LogP contribution is -2.24. The predicted octanol–water partition coefficient (Wildman–Crippen LogP) is 3.36. The molecule has 106 valence electrons. The molecule has 0 fully saturated rings. The van der Waals surface area contributed by atoms with Crippen molar-refractivity contribution >= 4 is 0 Å². The van der Waals surface area contributed by atoms with Crippen molar-refractivity contribution in [2.75, 3.05) is 0 Å². The van der Waals surface area contributed by atoms with E-state index in [1.165, 1.54) is 0 Å². The summed E-state index contributed by atoms with van der Waals surface area (Å²) in [5, 5.41) is 28.9. The van der Waals surface area contributed by atoms with Gasteiger partial charge in [0.1, 0.15) is 11.5 Å². The summed E-state index contributed by atoms with van der Waals surface area (Å²) in [7, 11) is 0. The molecular weight excluding hydrogens is 262 g/mol. The molecule has 1 aliphatic rings. The minimum Gasteiger partial charge on any atom is -0.508 e. The monoisotopic (exact) mass is 279 g/mol. The van der Waals surface area contributed by atoms with Crippen LogP contribution >= 0.6 is 0 Å². The van der Waals surface area contributed by atoms with Gasteiger partial charge in [-0.3, -0.25) is 0 Å². The van der Waals surface area contributed by atoms with E-state index in [9.17, 15) is 15.5 Å². The summed E-state index contributed by atoms with van der Waals surface area (Å²) < 4.78 is 0. The third kappa shape index (κ3) is 2.23. The van der Waals surface area contributed by atoms with Crippen molar-refractivity contribution in [2.24, 2.45) is 0 Å². The second-order valence-corrected chi connectivity index (χ2v) is 5.82. The molecule has 0 saturated heterocycles. The average Bonchev–Trinajstić information content (AvgIpc) is 2.80. The first-order valence-corrected chi connectivity index (χ1v) is 7.06. The minimum absolute atomic E-state index is 0.249. The lowest BCUT2D eigenvalue weighted by Gasteiger charge is -2.23. The van der Waals surface area contributed by atoms with Gasteiger partial charge in [-0.05, 0) is 72.7 Å². The van der Waals surface area contributed by atoms with Crippen molar-refractivity contribution in [1.82, 2.24) is 0 Å². The van der Waals surface area contributed by atoms with Crippen LogP contribution in [0.1, 0.15) is 28.7 Å². The highest BCUT2D eigenvalue weighted by Gasteiger charge is 2.39. The zero-order valence-corrected chi connectivity index (χ0v) is 11.9. The molecule has 1 unspecified atom stereocenters. The van der Waals surface area contributed by atoms with Crippen LogP contribution in [0.15, 0.2) is 36.4 Å². The van der Waals surface area contributed by atoms with E-state index in [-0.39, 0.29) is 11.5 Å². The minimum atomic E-state index is -0.537. The van der Waals surface area contributed by atoms with E-state index < -0.39 is 5.41 Å². The molecule has 0 amide bonds. The molecule has 21 heavy (non-hydrogen) atoms. The Morgan fingerprint density at radius 1 is 1.14 bits per heavy atom. The number of aryl methyl sites for hydroxylation is 2. The first-order valence-electron chi connectivity index (χ1n) is 7.06. The Morgan fingerprint density at radius 3 is 2.57 bits per heavy atom. The third-order valence-corrected chi connectivity index (χ3v) is 4.46. The van der Waals surface area contributed by atoms with E-state index in [4.69, 9.17) is 0 Å². The van der Waals surface area contributed by atoms with Crippen LogP contribution < -0.4 is 0 Å². The Hall–Kier alpha value is -2.47. The van der Waals surface area contributed by atoms with Gasteiger partial charge in [0.15, 0.2) is 0 Å². The number of benzene rings is 2. The SMILES string of the molecule is Cc1cc(O)ccc1CC1(C#N)CCc2cc(O)ccc21. The maximum atomic E-state index is 9.78. The van der Waals surface area contributed by atoms with E-state index in [2.05, 4.69) is 6.07 Å². The number of nitriles is 1. The van der Waals surface area contributed by atoms with Crippen LogP contribution in [0.25, 0.3) is 0 Å². The zero-order chi connectivity index (χ0) is 15.0. The molecule has 0 spiro atoms. The van der Waals surface area contributed by atoms with Crippen molar-refractivity contribution in [3.8, 4) is 17.6 Å². The Labute approximate surface area is 124 Å². The molecule has 0 bridgehead atoms. The first kappa shape index (κ1) is 13.5. The molecule has 0 aromatic heterocycles. The predicted molar refractivity (Wildman–Crippen MR) is 80.3 cm³/mol. The smallest absolute Gasteiger partial charge is 0.115 e. The van der Waals surface area contributed by atoms with Crippen LogP contribution in [0.2, 0.25) is 0 Å². The second kappa shape index (κ2) is 4.82. The van der Waals surface area contributed by atoms with Crippen LogP contribution in [0, 0.1) is 18.3 Å². The summed E-state index contributed by atoms with van der Waals surface area (Å²) in [6.07, 6.45) is 2.21. The molecule has 0 saturated carbocycles. The Kier molecular flexibility index (Phi) is 3.10. The third-order valence-electron chi connectivity index (χ3n) is 4.46. The highest BCUT2D eigenvalue weighted by molar-refractivity contribution is 5.49. The van der Waals surface area contributed by atoms with Crippen molar-refractivity contribution < 1.29 is 10.2 Å². The Bertz CT molecular complexity index is 745. The molecule has 2 aromatic carbocycles. The Balaban J connectivity index is 2.03. The number of rotatable bonds is 2. The summed E-state index contributed by atoms with van der Waals surface area (Å²) in [6, 6.07) is 13.1. The van der Waals surface area contributed by atoms with Gasteiger partial charge in [-0.2, -0.15) is 5.26 Å². The number of hydrogen-bond acceptors (Lipinski definition) is 3. The van der Waals surface area contributed by atoms with E-state index >= 15 is 0 Å². The molecule has 2 aromatic rings. The maximum Gasteiger partial charge on any atom is 0.115 e. The molecule has 3 rings (SSSR count). The summed E-state index contributed by atoms with van der Waals surface area (Å²) in [5.74, 6) is 0.502. The van der Waals surface area contributed by atoms with Gasteiger partial charge in [0, 0.05) is 0 Å². The number of fused-ring (bicyclic) bond motifs is 1. The topological polar surface area (TPSA) is 64.2 Å². The second-order valence-electron chi connectivity index (χ2n) is 5.82. The zero-order valence-electron chi connectivity index (χ0n) is 11.9. The molecular formula is C18H17NO2. The number of hydrogen-bond donors (Lipinski definition) is 2. The quantitative estimate of drug-likeness (QED) is 0.886. The number of phenolic OH excluding ortho intramolecular Hbond substituents is 2. The van der Waals surface area contributed by atoms with Crippen LogP contribution in [0.3, 0.4) is 0 Å². The highest BCUT2D eigenvalue weighted by Crippen LogP contribution is 2.42. The fourth-order valence-electron chi connectivity index (χ4n) is 3.28. The molecule has 1 atom stereocenters. The van der Waals surface area contributed by atoms with E-state index in [1.54, 1.807) is 24.3 Å². The highest BCUT2D eigenvalue weighted by atomic mass is 16.3. The van der Waals surface area contributed by atoms with E-state index in [0.29, 0.717) is 6.42 Å². The molecule has 3 nitrogen and oxygen atoms in total. The molecule has 3 heteroatoms. The molecule has 0 aliphatic heterocycles. The van der Waals surface area contributed by atoms with Gasteiger partial charge in [-0.25, -0.2) is 0 Å². The van der Waals surface area contributed by atoms with Crippen molar-refractivity contribution in [3.05, 3.63) is 58.7 Å².